The molecular formula is C16H12FN3O3S. The second-order valence-corrected chi connectivity index (χ2v) is 6.67. The number of nitro groups is 1. The Morgan fingerprint density at radius 2 is 2.17 bits per heavy atom. The van der Waals surface area contributed by atoms with E-state index in [2.05, 4.69) is 9.97 Å². The van der Waals surface area contributed by atoms with Gasteiger partial charge in [0.2, 0.25) is 11.6 Å². The first-order valence-electron chi connectivity index (χ1n) is 7.43. The van der Waals surface area contributed by atoms with Crippen molar-refractivity contribution in [3.63, 3.8) is 0 Å². The number of thiophene rings is 1. The van der Waals surface area contributed by atoms with Gasteiger partial charge >= 0.3 is 5.69 Å². The largest absolute Gasteiger partial charge is 0.431 e. The minimum atomic E-state index is -0.604. The molecule has 0 spiro atoms. The summed E-state index contributed by atoms with van der Waals surface area (Å²) in [6.07, 6.45) is 2.96. The number of rotatable bonds is 3. The number of nitrogens with zero attached hydrogens (tertiary/aromatic N) is 3. The molecule has 0 saturated carbocycles. The molecule has 0 N–H and O–H groups in total. The average molecular weight is 345 g/mol. The maximum Gasteiger partial charge on any atom is 0.311 e. The summed E-state index contributed by atoms with van der Waals surface area (Å²) in [5, 5.41) is 12.0. The van der Waals surface area contributed by atoms with E-state index in [4.69, 9.17) is 4.74 Å². The van der Waals surface area contributed by atoms with Crippen LogP contribution >= 0.6 is 11.3 Å². The van der Waals surface area contributed by atoms with Crippen LogP contribution in [0.1, 0.15) is 22.7 Å². The molecule has 2 heterocycles. The number of fused-ring (bicyclic) bond motifs is 3. The summed E-state index contributed by atoms with van der Waals surface area (Å²) in [6, 6.07) is 3.13. The van der Waals surface area contributed by atoms with E-state index < -0.39 is 10.7 Å². The van der Waals surface area contributed by atoms with Crippen molar-refractivity contribution in [1.82, 2.24) is 9.97 Å². The molecule has 1 aromatic carbocycles. The van der Waals surface area contributed by atoms with Gasteiger partial charge in [-0.2, -0.15) is 4.98 Å². The fourth-order valence-electron chi connectivity index (χ4n) is 2.96. The topological polar surface area (TPSA) is 78.2 Å². The number of hydrogen-bond donors (Lipinski definition) is 0. The molecule has 6 nitrogen and oxygen atoms in total. The SMILES string of the molecule is Cc1nc(Oc2cc(F)ccc2[N+](=O)[O-])c2c3c(sc2n1)CCC3. The molecule has 4 rings (SSSR count). The van der Waals surface area contributed by atoms with E-state index in [-0.39, 0.29) is 17.3 Å². The van der Waals surface area contributed by atoms with Crippen molar-refractivity contribution >= 4 is 27.2 Å². The first-order valence-corrected chi connectivity index (χ1v) is 8.25. The molecule has 8 heteroatoms. The number of aromatic nitrogens is 2. The molecule has 0 fully saturated rings. The Morgan fingerprint density at radius 1 is 1.33 bits per heavy atom. The fraction of sp³-hybridized carbons (Fsp3) is 0.250. The van der Waals surface area contributed by atoms with Gasteiger partial charge in [0.1, 0.15) is 16.5 Å². The van der Waals surface area contributed by atoms with Crippen LogP contribution in [0, 0.1) is 22.9 Å². The molecule has 0 amide bonds. The van der Waals surface area contributed by atoms with E-state index in [1.165, 1.54) is 4.88 Å². The third-order valence-electron chi connectivity index (χ3n) is 3.97. The molecule has 0 saturated heterocycles. The van der Waals surface area contributed by atoms with Crippen LogP contribution in [0.2, 0.25) is 0 Å². The molecule has 0 unspecified atom stereocenters. The molecule has 1 aliphatic rings. The van der Waals surface area contributed by atoms with Gasteiger partial charge in [-0.05, 0) is 37.8 Å². The van der Waals surface area contributed by atoms with Gasteiger partial charge in [0, 0.05) is 17.0 Å². The number of halogens is 1. The molecule has 0 aliphatic heterocycles. The van der Waals surface area contributed by atoms with Crippen LogP contribution in [0.15, 0.2) is 18.2 Å². The lowest BCUT2D eigenvalue weighted by Gasteiger charge is -2.08. The quantitative estimate of drug-likeness (QED) is 0.521. The van der Waals surface area contributed by atoms with Crippen molar-refractivity contribution in [2.75, 3.05) is 0 Å². The second kappa shape index (κ2) is 5.48. The second-order valence-electron chi connectivity index (χ2n) is 5.58. The van der Waals surface area contributed by atoms with Gasteiger partial charge in [0.25, 0.3) is 0 Å². The van der Waals surface area contributed by atoms with Crippen LogP contribution < -0.4 is 4.74 Å². The molecule has 0 radical (unpaired) electrons. The molecule has 3 aromatic rings. The third kappa shape index (κ3) is 2.39. The third-order valence-corrected chi connectivity index (χ3v) is 5.15. The minimum absolute atomic E-state index is 0.155. The number of nitro benzene ring substituents is 1. The van der Waals surface area contributed by atoms with E-state index in [1.54, 1.807) is 18.3 Å². The Hall–Kier alpha value is -2.61. The summed E-state index contributed by atoms with van der Waals surface area (Å²) in [4.78, 5) is 21.4. The Kier molecular flexibility index (Phi) is 3.42. The Bertz CT molecular complexity index is 986. The van der Waals surface area contributed by atoms with Crippen molar-refractivity contribution in [1.29, 1.82) is 0 Å². The zero-order chi connectivity index (χ0) is 16.8. The van der Waals surface area contributed by atoms with Crippen molar-refractivity contribution in [2.24, 2.45) is 0 Å². The highest BCUT2D eigenvalue weighted by atomic mass is 32.1. The first-order chi connectivity index (χ1) is 11.5. The van der Waals surface area contributed by atoms with E-state index in [0.29, 0.717) is 5.82 Å². The van der Waals surface area contributed by atoms with Crippen molar-refractivity contribution < 1.29 is 14.1 Å². The number of aryl methyl sites for hydroxylation is 3. The monoisotopic (exact) mass is 345 g/mol. The molecule has 1 aliphatic carbocycles. The summed E-state index contributed by atoms with van der Waals surface area (Å²) in [5.41, 5.74) is 0.844. The Balaban J connectivity index is 1.89. The molecule has 0 bridgehead atoms. The number of ether oxygens (including phenoxy) is 1. The van der Waals surface area contributed by atoms with Gasteiger partial charge < -0.3 is 4.74 Å². The van der Waals surface area contributed by atoms with Crippen LogP contribution in [-0.2, 0) is 12.8 Å². The Labute approximate surface area is 140 Å². The van der Waals surface area contributed by atoms with Gasteiger partial charge in [-0.15, -0.1) is 11.3 Å². The predicted octanol–water partition coefficient (Wildman–Crippen LogP) is 4.33. The van der Waals surface area contributed by atoms with Crippen LogP contribution in [0.3, 0.4) is 0 Å². The van der Waals surface area contributed by atoms with E-state index in [1.807, 2.05) is 0 Å². The highest BCUT2D eigenvalue weighted by Gasteiger charge is 2.25. The van der Waals surface area contributed by atoms with Crippen LogP contribution in [0.25, 0.3) is 10.2 Å². The molecule has 0 atom stereocenters. The minimum Gasteiger partial charge on any atom is -0.431 e. The summed E-state index contributed by atoms with van der Waals surface area (Å²) in [7, 11) is 0. The van der Waals surface area contributed by atoms with Crippen LogP contribution in [0.4, 0.5) is 10.1 Å². The van der Waals surface area contributed by atoms with Crippen LogP contribution in [0.5, 0.6) is 11.6 Å². The number of benzene rings is 1. The highest BCUT2D eigenvalue weighted by molar-refractivity contribution is 7.19. The van der Waals surface area contributed by atoms with Gasteiger partial charge in [-0.3, -0.25) is 10.1 Å². The van der Waals surface area contributed by atoms with Gasteiger partial charge in [0.15, 0.2) is 0 Å². The van der Waals surface area contributed by atoms with E-state index in [0.717, 1.165) is 53.2 Å². The lowest BCUT2D eigenvalue weighted by atomic mass is 10.2. The van der Waals surface area contributed by atoms with Crippen LogP contribution in [-0.4, -0.2) is 14.9 Å². The summed E-state index contributed by atoms with van der Waals surface area (Å²) in [5.74, 6) is 0.00703. The van der Waals surface area contributed by atoms with Gasteiger partial charge in [-0.25, -0.2) is 9.37 Å². The maximum atomic E-state index is 13.5. The summed E-state index contributed by atoms with van der Waals surface area (Å²) >= 11 is 1.60. The normalized spacial score (nSPS) is 13.2. The smallest absolute Gasteiger partial charge is 0.311 e. The standard InChI is InChI=1S/C16H12FN3O3S/c1-8-18-15(14-10-3-2-4-13(10)24-16(14)19-8)23-12-7-9(17)5-6-11(12)20(21)22/h5-7H,2-4H2,1H3. The summed E-state index contributed by atoms with van der Waals surface area (Å²) < 4.78 is 19.2. The summed E-state index contributed by atoms with van der Waals surface area (Å²) in [6.45, 7) is 1.73. The fourth-order valence-corrected chi connectivity index (χ4v) is 4.26. The number of hydrogen-bond acceptors (Lipinski definition) is 6. The molecular weight excluding hydrogens is 333 g/mol. The van der Waals surface area contributed by atoms with Gasteiger partial charge in [-0.1, -0.05) is 0 Å². The van der Waals surface area contributed by atoms with Crippen molar-refractivity contribution in [3.05, 3.63) is 50.4 Å². The lowest BCUT2D eigenvalue weighted by Crippen LogP contribution is -1.98. The van der Waals surface area contributed by atoms with E-state index >= 15 is 0 Å². The average Bonchev–Trinajstić information content (AvgIpc) is 3.06. The lowest BCUT2D eigenvalue weighted by molar-refractivity contribution is -0.385. The van der Waals surface area contributed by atoms with E-state index in [9.17, 15) is 14.5 Å². The predicted molar refractivity (Wildman–Crippen MR) is 87.3 cm³/mol. The Morgan fingerprint density at radius 3 is 2.96 bits per heavy atom. The zero-order valence-corrected chi connectivity index (χ0v) is 13.5. The molecule has 2 aromatic heterocycles. The highest BCUT2D eigenvalue weighted by Crippen LogP contribution is 2.42. The zero-order valence-electron chi connectivity index (χ0n) is 12.7. The van der Waals surface area contributed by atoms with Crippen molar-refractivity contribution in [2.45, 2.75) is 26.2 Å². The van der Waals surface area contributed by atoms with Crippen molar-refractivity contribution in [3.8, 4) is 11.6 Å². The molecule has 24 heavy (non-hydrogen) atoms. The maximum absolute atomic E-state index is 13.5. The molecule has 122 valence electrons. The van der Waals surface area contributed by atoms with Gasteiger partial charge in [0.05, 0.1) is 10.3 Å². The first kappa shape index (κ1) is 14.9.